The molecule has 2 rings (SSSR count). The molecule has 18 heavy (non-hydrogen) atoms. The van der Waals surface area contributed by atoms with Gasteiger partial charge in [-0.3, -0.25) is 4.79 Å². The van der Waals surface area contributed by atoms with Crippen LogP contribution in [0.4, 0.5) is 10.1 Å². The van der Waals surface area contributed by atoms with E-state index in [0.29, 0.717) is 17.5 Å². The zero-order valence-electron chi connectivity index (χ0n) is 10.5. The highest BCUT2D eigenvalue weighted by Crippen LogP contribution is 2.27. The van der Waals surface area contributed by atoms with E-state index in [1.54, 1.807) is 6.07 Å². The second-order valence-electron chi connectivity index (χ2n) is 4.89. The average molecular weight is 251 g/mol. The highest BCUT2D eigenvalue weighted by Gasteiger charge is 2.27. The number of halogens is 1. The Morgan fingerprint density at radius 3 is 2.72 bits per heavy atom. The van der Waals surface area contributed by atoms with E-state index in [1.807, 2.05) is 11.9 Å². The van der Waals surface area contributed by atoms with E-state index in [-0.39, 0.29) is 12.1 Å². The lowest BCUT2D eigenvalue weighted by molar-refractivity contribution is 0.106. The number of anilines is 1. The third-order valence-electron chi connectivity index (χ3n) is 3.64. The molecular formula is C14H18FNO2. The van der Waals surface area contributed by atoms with Gasteiger partial charge in [0.05, 0.1) is 12.1 Å². The third-order valence-corrected chi connectivity index (χ3v) is 3.64. The molecule has 1 N–H and O–H groups in total. The van der Waals surface area contributed by atoms with Gasteiger partial charge in [-0.15, -0.1) is 0 Å². The van der Waals surface area contributed by atoms with E-state index < -0.39 is 5.82 Å². The van der Waals surface area contributed by atoms with Gasteiger partial charge in [0.15, 0.2) is 0 Å². The number of carbonyl (C=O) groups is 1. The van der Waals surface area contributed by atoms with E-state index >= 15 is 0 Å². The van der Waals surface area contributed by atoms with Gasteiger partial charge in [-0.05, 0) is 31.0 Å². The first-order valence-electron chi connectivity index (χ1n) is 6.28. The molecule has 1 aromatic rings. The van der Waals surface area contributed by atoms with E-state index in [9.17, 15) is 14.3 Å². The van der Waals surface area contributed by atoms with Crippen LogP contribution in [0.3, 0.4) is 0 Å². The van der Waals surface area contributed by atoms with Crippen molar-refractivity contribution < 1.29 is 14.3 Å². The van der Waals surface area contributed by atoms with Crippen molar-refractivity contribution in [1.82, 2.24) is 0 Å². The molecule has 0 radical (unpaired) electrons. The Hall–Kier alpha value is -1.42. The van der Waals surface area contributed by atoms with E-state index in [0.717, 1.165) is 25.7 Å². The minimum Gasteiger partial charge on any atom is -0.391 e. The van der Waals surface area contributed by atoms with Crippen LogP contribution >= 0.6 is 0 Å². The van der Waals surface area contributed by atoms with Crippen molar-refractivity contribution in [3.63, 3.8) is 0 Å². The van der Waals surface area contributed by atoms with Crippen LogP contribution < -0.4 is 4.90 Å². The number of rotatable bonds is 3. The quantitative estimate of drug-likeness (QED) is 0.838. The smallest absolute Gasteiger partial charge is 0.150 e. The monoisotopic (exact) mass is 251 g/mol. The second kappa shape index (κ2) is 5.48. The molecule has 2 atom stereocenters. The molecule has 0 saturated heterocycles. The molecule has 1 aliphatic rings. The standard InChI is InChI=1S/C14H18FNO2/c1-16(13-4-2-3-5-14(13)18)12-7-10(9-17)6-11(15)8-12/h6-9,13-14,18H,2-5H2,1H3. The number of aliphatic hydroxyl groups excluding tert-OH is 1. The van der Waals surface area contributed by atoms with Gasteiger partial charge >= 0.3 is 0 Å². The second-order valence-corrected chi connectivity index (χ2v) is 4.89. The van der Waals surface area contributed by atoms with Crippen LogP contribution in [0.15, 0.2) is 18.2 Å². The number of carbonyl (C=O) groups excluding carboxylic acids is 1. The molecule has 0 amide bonds. The van der Waals surface area contributed by atoms with Gasteiger partial charge in [-0.2, -0.15) is 0 Å². The summed E-state index contributed by atoms with van der Waals surface area (Å²) in [4.78, 5) is 12.6. The van der Waals surface area contributed by atoms with Crippen molar-refractivity contribution >= 4 is 12.0 Å². The number of likely N-dealkylation sites (N-methyl/N-ethyl adjacent to an activating group) is 1. The SMILES string of the molecule is CN(c1cc(F)cc(C=O)c1)C1CCCCC1O. The molecule has 0 bridgehead atoms. The molecule has 0 spiro atoms. The summed E-state index contributed by atoms with van der Waals surface area (Å²) in [5.74, 6) is -0.424. The van der Waals surface area contributed by atoms with Crippen molar-refractivity contribution in [2.75, 3.05) is 11.9 Å². The molecule has 0 aromatic heterocycles. The Labute approximate surface area is 106 Å². The van der Waals surface area contributed by atoms with Crippen molar-refractivity contribution in [3.8, 4) is 0 Å². The van der Waals surface area contributed by atoms with Crippen LogP contribution in [0.25, 0.3) is 0 Å². The van der Waals surface area contributed by atoms with E-state index in [4.69, 9.17) is 0 Å². The highest BCUT2D eigenvalue weighted by molar-refractivity contribution is 5.77. The fraction of sp³-hybridized carbons (Fsp3) is 0.500. The van der Waals surface area contributed by atoms with Gasteiger partial charge < -0.3 is 10.0 Å². The first kappa shape index (κ1) is 13.0. The van der Waals surface area contributed by atoms with Crippen LogP contribution in [0, 0.1) is 5.82 Å². The number of benzene rings is 1. The maximum Gasteiger partial charge on any atom is 0.150 e. The summed E-state index contributed by atoms with van der Waals surface area (Å²) in [6.07, 6.45) is 4.04. The molecule has 3 nitrogen and oxygen atoms in total. The molecule has 1 saturated carbocycles. The summed E-state index contributed by atoms with van der Waals surface area (Å²) >= 11 is 0. The fourth-order valence-electron chi connectivity index (χ4n) is 2.60. The first-order chi connectivity index (χ1) is 8.61. The van der Waals surface area contributed by atoms with E-state index in [2.05, 4.69) is 0 Å². The Morgan fingerprint density at radius 2 is 2.06 bits per heavy atom. The molecule has 2 unspecified atom stereocenters. The topological polar surface area (TPSA) is 40.5 Å². The summed E-state index contributed by atoms with van der Waals surface area (Å²) in [5, 5.41) is 9.99. The molecule has 4 heteroatoms. The van der Waals surface area contributed by atoms with Gasteiger partial charge in [-0.1, -0.05) is 12.8 Å². The van der Waals surface area contributed by atoms with Gasteiger partial charge in [0.25, 0.3) is 0 Å². The van der Waals surface area contributed by atoms with Crippen LogP contribution in [0.2, 0.25) is 0 Å². The Kier molecular flexibility index (Phi) is 3.97. The number of nitrogens with zero attached hydrogens (tertiary/aromatic N) is 1. The van der Waals surface area contributed by atoms with Gasteiger partial charge in [0.2, 0.25) is 0 Å². The van der Waals surface area contributed by atoms with E-state index in [1.165, 1.54) is 12.1 Å². The Balaban J connectivity index is 2.24. The molecule has 98 valence electrons. The van der Waals surface area contributed by atoms with Gasteiger partial charge in [0.1, 0.15) is 12.1 Å². The maximum atomic E-state index is 13.4. The zero-order valence-corrected chi connectivity index (χ0v) is 10.5. The van der Waals surface area contributed by atoms with Crippen molar-refractivity contribution in [2.24, 2.45) is 0 Å². The van der Waals surface area contributed by atoms with Gasteiger partial charge in [0, 0.05) is 18.3 Å². The lowest BCUT2D eigenvalue weighted by Gasteiger charge is -2.36. The molecular weight excluding hydrogens is 233 g/mol. The summed E-state index contributed by atoms with van der Waals surface area (Å²) in [5.41, 5.74) is 0.963. The summed E-state index contributed by atoms with van der Waals surface area (Å²) in [7, 11) is 1.84. The molecule has 1 aliphatic carbocycles. The predicted molar refractivity (Wildman–Crippen MR) is 68.5 cm³/mol. The minimum absolute atomic E-state index is 0.0000482. The maximum absolute atomic E-state index is 13.4. The molecule has 1 fully saturated rings. The normalized spacial score (nSPS) is 23.7. The van der Waals surface area contributed by atoms with Crippen molar-refractivity contribution in [2.45, 2.75) is 37.8 Å². The van der Waals surface area contributed by atoms with Crippen LogP contribution in [-0.2, 0) is 0 Å². The minimum atomic E-state index is -0.424. The highest BCUT2D eigenvalue weighted by atomic mass is 19.1. The first-order valence-corrected chi connectivity index (χ1v) is 6.28. The molecule has 0 aliphatic heterocycles. The van der Waals surface area contributed by atoms with Gasteiger partial charge in [-0.25, -0.2) is 4.39 Å². The number of aliphatic hydroxyl groups is 1. The molecule has 0 heterocycles. The zero-order chi connectivity index (χ0) is 13.1. The Bertz CT molecular complexity index is 436. The molecule has 1 aromatic carbocycles. The predicted octanol–water partition coefficient (Wildman–Crippen LogP) is 2.38. The number of aldehydes is 1. The summed E-state index contributed by atoms with van der Waals surface area (Å²) in [6.45, 7) is 0. The summed E-state index contributed by atoms with van der Waals surface area (Å²) in [6, 6.07) is 4.26. The van der Waals surface area contributed by atoms with Crippen LogP contribution in [0.1, 0.15) is 36.0 Å². The van der Waals surface area contributed by atoms with Crippen molar-refractivity contribution in [3.05, 3.63) is 29.6 Å². The van der Waals surface area contributed by atoms with Crippen LogP contribution in [0.5, 0.6) is 0 Å². The average Bonchev–Trinajstić information content (AvgIpc) is 2.37. The fourth-order valence-corrected chi connectivity index (χ4v) is 2.60. The Morgan fingerprint density at radius 1 is 1.33 bits per heavy atom. The summed E-state index contributed by atoms with van der Waals surface area (Å²) < 4.78 is 13.4. The largest absolute Gasteiger partial charge is 0.391 e. The van der Waals surface area contributed by atoms with Crippen LogP contribution in [-0.4, -0.2) is 30.6 Å². The number of hydrogen-bond donors (Lipinski definition) is 1. The lowest BCUT2D eigenvalue weighted by atomic mass is 9.91. The number of hydrogen-bond acceptors (Lipinski definition) is 3. The lowest BCUT2D eigenvalue weighted by Crippen LogP contribution is -2.43. The van der Waals surface area contributed by atoms with Crippen molar-refractivity contribution in [1.29, 1.82) is 0 Å². The third kappa shape index (κ3) is 2.70.